The Labute approximate surface area is 107 Å². The molecule has 90 valence electrons. The number of hydrogen-bond acceptors (Lipinski definition) is 6. The first-order chi connectivity index (χ1) is 8.70. The molecule has 1 N–H and O–H groups in total. The van der Waals surface area contributed by atoms with Gasteiger partial charge >= 0.3 is 0 Å². The van der Waals surface area contributed by atoms with Crippen LogP contribution in [-0.2, 0) is 6.54 Å². The molecule has 0 radical (unpaired) electrons. The van der Waals surface area contributed by atoms with E-state index in [-0.39, 0.29) is 11.3 Å². The van der Waals surface area contributed by atoms with E-state index in [0.29, 0.717) is 12.2 Å². The molecular weight excluding hydrogens is 252 g/mol. The summed E-state index contributed by atoms with van der Waals surface area (Å²) < 4.78 is 0. The molecule has 0 atom stereocenters. The predicted molar refractivity (Wildman–Crippen MR) is 67.3 cm³/mol. The van der Waals surface area contributed by atoms with Crippen molar-refractivity contribution >= 4 is 22.7 Å². The summed E-state index contributed by atoms with van der Waals surface area (Å²) in [7, 11) is 0. The van der Waals surface area contributed by atoms with Crippen LogP contribution in [0.2, 0.25) is 0 Å². The van der Waals surface area contributed by atoms with Crippen LogP contribution in [0, 0.1) is 21.4 Å². The molecule has 0 unspecified atom stereocenters. The van der Waals surface area contributed by atoms with Gasteiger partial charge < -0.3 is 5.32 Å². The van der Waals surface area contributed by atoms with Crippen molar-refractivity contribution in [2.24, 2.45) is 0 Å². The maximum absolute atomic E-state index is 10.7. The lowest BCUT2D eigenvalue weighted by atomic mass is 10.1. The predicted octanol–water partition coefficient (Wildman–Crippen LogP) is 2.54. The lowest BCUT2D eigenvalue weighted by Gasteiger charge is -2.04. The third-order valence-corrected chi connectivity index (χ3v) is 2.91. The lowest BCUT2D eigenvalue weighted by molar-refractivity contribution is -0.385. The van der Waals surface area contributed by atoms with E-state index in [1.165, 1.54) is 23.5 Å². The zero-order valence-corrected chi connectivity index (χ0v) is 9.98. The Hall–Kier alpha value is -2.46. The maximum atomic E-state index is 10.7. The van der Waals surface area contributed by atoms with Crippen LogP contribution in [0.1, 0.15) is 11.3 Å². The highest BCUT2D eigenvalue weighted by Crippen LogP contribution is 2.22. The Kier molecular flexibility index (Phi) is 3.50. The molecule has 7 heteroatoms. The summed E-state index contributed by atoms with van der Waals surface area (Å²) in [6, 6.07) is 6.17. The van der Waals surface area contributed by atoms with Gasteiger partial charge in [0, 0.05) is 17.1 Å². The number of hydrogen-bond donors (Lipinski definition) is 1. The van der Waals surface area contributed by atoms with Crippen LogP contribution >= 0.6 is 11.3 Å². The summed E-state index contributed by atoms with van der Waals surface area (Å²) in [5.41, 5.74) is 3.13. The van der Waals surface area contributed by atoms with Gasteiger partial charge in [-0.1, -0.05) is 0 Å². The number of thiazole rings is 1. The van der Waals surface area contributed by atoms with Crippen LogP contribution in [0.5, 0.6) is 0 Å². The molecule has 2 rings (SSSR count). The number of nitriles is 1. The zero-order chi connectivity index (χ0) is 13.0. The second-order valence-corrected chi connectivity index (χ2v) is 4.15. The molecule has 0 saturated heterocycles. The first kappa shape index (κ1) is 12.0. The number of benzene rings is 1. The van der Waals surface area contributed by atoms with E-state index < -0.39 is 4.92 Å². The molecule has 18 heavy (non-hydrogen) atoms. The summed E-state index contributed by atoms with van der Waals surface area (Å²) in [5, 5.41) is 24.5. The van der Waals surface area contributed by atoms with Gasteiger partial charge in [-0.05, 0) is 12.1 Å². The van der Waals surface area contributed by atoms with E-state index in [9.17, 15) is 10.1 Å². The highest BCUT2D eigenvalue weighted by atomic mass is 32.1. The van der Waals surface area contributed by atoms with Crippen LogP contribution in [0.4, 0.5) is 11.4 Å². The summed E-state index contributed by atoms with van der Waals surface area (Å²) in [5.74, 6) is 0. The van der Waals surface area contributed by atoms with Gasteiger partial charge in [-0.25, -0.2) is 4.98 Å². The van der Waals surface area contributed by atoms with Crippen molar-refractivity contribution in [2.45, 2.75) is 6.54 Å². The van der Waals surface area contributed by atoms with Crippen molar-refractivity contribution in [2.75, 3.05) is 5.32 Å². The minimum absolute atomic E-state index is 0.0447. The van der Waals surface area contributed by atoms with Gasteiger partial charge in [0.05, 0.1) is 22.7 Å². The van der Waals surface area contributed by atoms with Crippen molar-refractivity contribution in [3.05, 3.63) is 50.5 Å². The highest BCUT2D eigenvalue weighted by molar-refractivity contribution is 7.07. The van der Waals surface area contributed by atoms with E-state index >= 15 is 0 Å². The Balaban J connectivity index is 2.15. The van der Waals surface area contributed by atoms with E-state index in [0.717, 1.165) is 5.69 Å². The van der Waals surface area contributed by atoms with Gasteiger partial charge in [0.15, 0.2) is 0 Å². The molecule has 0 aliphatic carbocycles. The number of aromatic nitrogens is 1. The Morgan fingerprint density at radius 1 is 1.56 bits per heavy atom. The average molecular weight is 260 g/mol. The van der Waals surface area contributed by atoms with Crippen LogP contribution in [0.3, 0.4) is 0 Å². The van der Waals surface area contributed by atoms with Gasteiger partial charge in [-0.15, -0.1) is 11.3 Å². The quantitative estimate of drug-likeness (QED) is 0.673. The molecule has 1 heterocycles. The van der Waals surface area contributed by atoms with Crippen molar-refractivity contribution in [1.29, 1.82) is 5.26 Å². The fourth-order valence-electron chi connectivity index (χ4n) is 1.41. The SMILES string of the molecule is N#Cc1cc(NCc2cscn2)ccc1[N+](=O)[O-]. The standard InChI is InChI=1S/C11H8N4O2S/c12-4-8-3-9(1-2-11(8)15(16)17)13-5-10-6-18-7-14-10/h1-3,6-7,13H,5H2. The van der Waals surface area contributed by atoms with Gasteiger partial charge in [0.1, 0.15) is 11.6 Å². The summed E-state index contributed by atoms with van der Waals surface area (Å²) >= 11 is 1.50. The topological polar surface area (TPSA) is 91.8 Å². The number of rotatable bonds is 4. The Bertz CT molecular complexity index is 604. The molecule has 0 fully saturated rings. The van der Waals surface area contributed by atoms with Crippen molar-refractivity contribution in [1.82, 2.24) is 4.98 Å². The molecule has 0 aliphatic rings. The van der Waals surface area contributed by atoms with Crippen LogP contribution < -0.4 is 5.32 Å². The van der Waals surface area contributed by atoms with E-state index in [1.807, 2.05) is 11.4 Å². The second-order valence-electron chi connectivity index (χ2n) is 3.43. The number of nitrogens with zero attached hydrogens (tertiary/aromatic N) is 3. The van der Waals surface area contributed by atoms with Crippen molar-refractivity contribution in [3.63, 3.8) is 0 Å². The fraction of sp³-hybridized carbons (Fsp3) is 0.0909. The molecule has 0 spiro atoms. The van der Waals surface area contributed by atoms with E-state index in [2.05, 4.69) is 10.3 Å². The molecule has 0 bridgehead atoms. The average Bonchev–Trinajstić information content (AvgIpc) is 2.88. The van der Waals surface area contributed by atoms with Gasteiger partial charge in [0.2, 0.25) is 0 Å². The summed E-state index contributed by atoms with van der Waals surface area (Å²) in [4.78, 5) is 14.2. The largest absolute Gasteiger partial charge is 0.379 e. The van der Waals surface area contributed by atoms with Crippen molar-refractivity contribution in [3.8, 4) is 6.07 Å². The lowest BCUT2D eigenvalue weighted by Crippen LogP contribution is -2.00. The molecule has 0 saturated carbocycles. The normalized spacial score (nSPS) is 9.72. The first-order valence-corrected chi connectivity index (χ1v) is 5.94. The van der Waals surface area contributed by atoms with E-state index in [4.69, 9.17) is 5.26 Å². The Morgan fingerprint density at radius 3 is 3.00 bits per heavy atom. The Morgan fingerprint density at radius 2 is 2.39 bits per heavy atom. The number of nitro benzene ring substituents is 1. The van der Waals surface area contributed by atoms with Gasteiger partial charge in [0.25, 0.3) is 5.69 Å². The molecular formula is C11H8N4O2S. The summed E-state index contributed by atoms with van der Waals surface area (Å²) in [6.45, 7) is 0.520. The number of nitro groups is 1. The second kappa shape index (κ2) is 5.25. The highest BCUT2D eigenvalue weighted by Gasteiger charge is 2.13. The molecule has 1 aromatic carbocycles. The minimum Gasteiger partial charge on any atom is -0.379 e. The van der Waals surface area contributed by atoms with Crippen LogP contribution in [0.25, 0.3) is 0 Å². The van der Waals surface area contributed by atoms with E-state index in [1.54, 1.807) is 11.6 Å². The third kappa shape index (κ3) is 2.61. The minimum atomic E-state index is -0.567. The molecule has 6 nitrogen and oxygen atoms in total. The molecule has 1 aromatic heterocycles. The monoisotopic (exact) mass is 260 g/mol. The first-order valence-electron chi connectivity index (χ1n) is 5.00. The molecule has 0 aliphatic heterocycles. The maximum Gasteiger partial charge on any atom is 0.287 e. The molecule has 2 aromatic rings. The van der Waals surface area contributed by atoms with Gasteiger partial charge in [-0.3, -0.25) is 10.1 Å². The third-order valence-electron chi connectivity index (χ3n) is 2.27. The van der Waals surface area contributed by atoms with Crippen molar-refractivity contribution < 1.29 is 4.92 Å². The number of nitrogens with one attached hydrogen (secondary N) is 1. The zero-order valence-electron chi connectivity index (χ0n) is 9.16. The van der Waals surface area contributed by atoms with Gasteiger partial charge in [-0.2, -0.15) is 5.26 Å². The number of anilines is 1. The molecule has 0 amide bonds. The summed E-state index contributed by atoms with van der Waals surface area (Å²) in [6.07, 6.45) is 0. The van der Waals surface area contributed by atoms with Crippen LogP contribution in [0.15, 0.2) is 29.1 Å². The fourth-order valence-corrected chi connectivity index (χ4v) is 1.97. The van der Waals surface area contributed by atoms with Crippen LogP contribution in [-0.4, -0.2) is 9.91 Å². The smallest absolute Gasteiger partial charge is 0.287 e.